The summed E-state index contributed by atoms with van der Waals surface area (Å²) in [6.07, 6.45) is 3.31. The number of carbonyl (C=O) groups excluding carboxylic acids is 3. The number of aromatic nitrogens is 6. The molecule has 2 amide bonds. The van der Waals surface area contributed by atoms with Gasteiger partial charge < -0.3 is 31.2 Å². The maximum atomic E-state index is 13.6. The number of nitrogens with two attached hydrogens (primary N) is 1. The van der Waals surface area contributed by atoms with Crippen LogP contribution in [0, 0.1) is 0 Å². The molecule has 0 radical (unpaired) electrons. The number of benzene rings is 1. The van der Waals surface area contributed by atoms with E-state index in [4.69, 9.17) is 22.2 Å². The van der Waals surface area contributed by atoms with E-state index >= 15 is 0 Å². The number of ketones is 1. The summed E-state index contributed by atoms with van der Waals surface area (Å²) in [5.41, 5.74) is 5.07. The predicted octanol–water partition coefficient (Wildman–Crippen LogP) is 0.917. The number of pyridine rings is 1. The third-order valence-electron chi connectivity index (χ3n) is 7.62. The number of phenols is 2. The molecule has 1 fully saturated rings. The first-order valence-electron chi connectivity index (χ1n) is 14.4. The molecule has 3 aromatic heterocycles. The second-order valence-corrected chi connectivity index (χ2v) is 13.7. The van der Waals surface area contributed by atoms with Gasteiger partial charge in [0.15, 0.2) is 47.1 Å². The number of phenolic OH excluding ortho intramolecular Hbond substituents is 2. The van der Waals surface area contributed by atoms with Gasteiger partial charge in [0.2, 0.25) is 11.4 Å². The monoisotopic (exact) mass is 741 g/mol. The molecule has 18 nitrogen and oxygen atoms in total. The van der Waals surface area contributed by atoms with Crippen molar-refractivity contribution in [3.8, 4) is 11.5 Å². The summed E-state index contributed by atoms with van der Waals surface area (Å²) in [4.78, 5) is 62.4. The van der Waals surface area contributed by atoms with Crippen molar-refractivity contribution in [1.29, 1.82) is 0 Å². The average Bonchev–Trinajstić information content (AvgIpc) is 3.78. The first-order valence-corrected chi connectivity index (χ1v) is 16.7. The number of aromatic hydroxyl groups is 2. The highest BCUT2D eigenvalue weighted by atomic mass is 35.5. The van der Waals surface area contributed by atoms with Gasteiger partial charge in [0.25, 0.3) is 11.8 Å². The maximum absolute atomic E-state index is 13.6. The molecule has 21 heteroatoms. The molecule has 2 aliphatic rings. The SMILES string of the molecule is CC(C)(O/N=C(\C(=O)N[C@@H]1C(=O)N2C(c3nn[nH]n3)=C(C[n+]3ccc(C(=O)c4ccc(O)c(O)c4Cl)cc3)CS[C@H]12)c1csc(N)n1)C(=O)O. The number of aliphatic carboxylic acids is 1. The number of halogens is 1. The molecule has 1 saturated heterocycles. The number of nitrogens with one attached hydrogen (secondary N) is 2. The molecule has 2 aliphatic heterocycles. The number of rotatable bonds is 11. The summed E-state index contributed by atoms with van der Waals surface area (Å²) < 4.78 is 1.77. The van der Waals surface area contributed by atoms with Crippen LogP contribution in [0.15, 0.2) is 52.8 Å². The van der Waals surface area contributed by atoms with Crippen molar-refractivity contribution in [3.63, 3.8) is 0 Å². The molecule has 0 unspecified atom stereocenters. The number of β-lactam (4-membered cyclic amide) rings is 1. The smallest absolute Gasteiger partial charge is 0.350 e. The van der Waals surface area contributed by atoms with E-state index in [0.29, 0.717) is 11.4 Å². The highest BCUT2D eigenvalue weighted by molar-refractivity contribution is 8.00. The van der Waals surface area contributed by atoms with E-state index in [2.05, 4.69) is 36.1 Å². The van der Waals surface area contributed by atoms with Gasteiger partial charge in [-0.1, -0.05) is 16.8 Å². The number of hydrogen-bond acceptors (Lipinski definition) is 15. The van der Waals surface area contributed by atoms with E-state index in [1.807, 2.05) is 0 Å². The predicted molar refractivity (Wildman–Crippen MR) is 177 cm³/mol. The van der Waals surface area contributed by atoms with Gasteiger partial charge in [0, 0.05) is 40.0 Å². The highest BCUT2D eigenvalue weighted by Gasteiger charge is 2.54. The normalized spacial score (nSPS) is 17.6. The van der Waals surface area contributed by atoms with Gasteiger partial charge in [-0.3, -0.25) is 19.3 Å². The van der Waals surface area contributed by atoms with E-state index < -0.39 is 52.1 Å². The summed E-state index contributed by atoms with van der Waals surface area (Å²) in [5.74, 6) is -3.59. The molecule has 0 spiro atoms. The van der Waals surface area contributed by atoms with Gasteiger partial charge >= 0.3 is 5.97 Å². The Bertz CT molecular complexity index is 2080. The van der Waals surface area contributed by atoms with Gasteiger partial charge in [-0.25, -0.2) is 14.3 Å². The van der Waals surface area contributed by atoms with Crippen LogP contribution in [-0.4, -0.2) is 97.9 Å². The molecule has 50 heavy (non-hydrogen) atoms. The molecule has 0 bridgehead atoms. The number of thiazole rings is 1. The largest absolute Gasteiger partial charge is 0.504 e. The van der Waals surface area contributed by atoms with Crippen molar-refractivity contribution in [2.75, 3.05) is 11.5 Å². The third-order valence-corrected chi connectivity index (χ3v) is 10.0. The number of thioether (sulfide) groups is 1. The number of nitrogens with zero attached hydrogens (tertiary/aromatic N) is 7. The lowest BCUT2D eigenvalue weighted by molar-refractivity contribution is -0.688. The van der Waals surface area contributed by atoms with E-state index in [1.165, 1.54) is 48.0 Å². The van der Waals surface area contributed by atoms with Crippen LogP contribution < -0.4 is 15.6 Å². The fourth-order valence-electron chi connectivity index (χ4n) is 4.91. The third kappa shape index (κ3) is 6.42. The molecular weight excluding hydrogens is 716 g/mol. The average molecular weight is 742 g/mol. The topological polar surface area (TPSA) is 263 Å². The van der Waals surface area contributed by atoms with Crippen LogP contribution in [0.1, 0.15) is 41.3 Å². The molecule has 0 saturated carbocycles. The molecule has 4 aromatic rings. The first kappa shape index (κ1) is 34.3. The van der Waals surface area contributed by atoms with E-state index in [1.54, 1.807) is 29.1 Å². The van der Waals surface area contributed by atoms with Crippen LogP contribution in [0.4, 0.5) is 5.13 Å². The Kier molecular flexibility index (Phi) is 9.16. The first-order chi connectivity index (χ1) is 23.8. The summed E-state index contributed by atoms with van der Waals surface area (Å²) in [6, 6.07) is 4.61. The Morgan fingerprint density at radius 1 is 1.24 bits per heavy atom. The van der Waals surface area contributed by atoms with Crippen LogP contribution in [0.25, 0.3) is 5.70 Å². The van der Waals surface area contributed by atoms with Gasteiger partial charge in [-0.15, -0.1) is 33.3 Å². The molecule has 2 atom stereocenters. The number of carboxylic acid groups (broad SMARTS) is 1. The quantitative estimate of drug-likeness (QED) is 0.0312. The molecule has 0 aliphatic carbocycles. The number of amides is 2. The van der Waals surface area contributed by atoms with Crippen molar-refractivity contribution in [1.82, 2.24) is 35.8 Å². The zero-order chi connectivity index (χ0) is 35.9. The minimum Gasteiger partial charge on any atom is -0.504 e. The second-order valence-electron chi connectivity index (χ2n) is 11.3. The number of carbonyl (C=O) groups is 4. The Hall–Kier alpha value is -5.60. The molecular formula is C29H26ClN10O8S2+. The number of nitrogen functional groups attached to an aromatic ring is 1. The van der Waals surface area contributed by atoms with Crippen LogP contribution >= 0.6 is 34.7 Å². The van der Waals surface area contributed by atoms with Crippen LogP contribution in [0.2, 0.25) is 5.02 Å². The number of carboxylic acids is 1. The Balaban J connectivity index is 1.22. The highest BCUT2D eigenvalue weighted by Crippen LogP contribution is 2.43. The van der Waals surface area contributed by atoms with Crippen LogP contribution in [0.5, 0.6) is 11.5 Å². The van der Waals surface area contributed by atoms with Gasteiger partial charge in [0.05, 0.1) is 10.7 Å². The fourth-order valence-corrected chi connectivity index (χ4v) is 7.04. The minimum atomic E-state index is -1.77. The lowest BCUT2D eigenvalue weighted by atomic mass is 10.0. The van der Waals surface area contributed by atoms with Crippen molar-refractivity contribution < 1.29 is 43.9 Å². The summed E-state index contributed by atoms with van der Waals surface area (Å²) in [6.45, 7) is 2.77. The molecule has 1 aromatic carbocycles. The molecule has 258 valence electrons. The number of hydrogen-bond donors (Lipinski definition) is 6. The number of tetrazole rings is 1. The Morgan fingerprint density at radius 2 is 1.98 bits per heavy atom. The summed E-state index contributed by atoms with van der Waals surface area (Å²) >= 11 is 8.49. The van der Waals surface area contributed by atoms with E-state index in [0.717, 1.165) is 16.9 Å². The van der Waals surface area contributed by atoms with Crippen molar-refractivity contribution in [2.45, 2.75) is 37.4 Å². The number of oxime groups is 1. The second kappa shape index (κ2) is 13.4. The lowest BCUT2D eigenvalue weighted by Gasteiger charge is -2.49. The number of fused-ring (bicyclic) bond motifs is 1. The number of aromatic amines is 1. The maximum Gasteiger partial charge on any atom is 0.350 e. The van der Waals surface area contributed by atoms with E-state index in [9.17, 15) is 34.5 Å². The lowest BCUT2D eigenvalue weighted by Crippen LogP contribution is -2.70. The minimum absolute atomic E-state index is 0.0141. The standard InChI is InChI=1S/C29H25ClN10O8S2/c1-29(2,27(46)47)48-36-18(15-11-50-28(31)32-15)24(44)33-19-25(45)40-20(23-34-37-38-35-23)13(10-49-26(19)40)9-39-7-5-12(6-8-39)21(42)14-3-4-16(41)22(43)17(14)30/h3-8,11,19,26H,9-10H2,1-2H3,(H6,31,32,33,34,35,37,38,42,44,46,47)/p+1/b36-18-/t19-,26-/m1/s1. The molecule has 5 heterocycles. The zero-order valence-electron chi connectivity index (χ0n) is 25.9. The van der Waals surface area contributed by atoms with E-state index in [-0.39, 0.29) is 45.1 Å². The summed E-state index contributed by atoms with van der Waals surface area (Å²) in [7, 11) is 0. The Morgan fingerprint density at radius 3 is 2.62 bits per heavy atom. The number of anilines is 1. The van der Waals surface area contributed by atoms with Crippen molar-refractivity contribution in [2.24, 2.45) is 5.16 Å². The Labute approximate surface area is 294 Å². The van der Waals surface area contributed by atoms with Gasteiger partial charge in [0.1, 0.15) is 17.1 Å². The van der Waals surface area contributed by atoms with Gasteiger partial charge in [-0.2, -0.15) is 5.21 Å². The van der Waals surface area contributed by atoms with Gasteiger partial charge in [-0.05, 0) is 31.2 Å². The zero-order valence-corrected chi connectivity index (χ0v) is 28.3. The molecule has 6 rings (SSSR count). The van der Waals surface area contributed by atoms with Crippen molar-refractivity contribution >= 4 is 74.8 Å². The van der Waals surface area contributed by atoms with Crippen LogP contribution in [-0.2, 0) is 25.8 Å². The fraction of sp³-hybridized carbons (Fsp3) is 0.241. The molecule has 7 N–H and O–H groups in total. The number of H-pyrrole nitrogens is 1. The van der Waals surface area contributed by atoms with Crippen LogP contribution in [0.3, 0.4) is 0 Å². The van der Waals surface area contributed by atoms with Crippen molar-refractivity contribution in [3.05, 3.63) is 75.3 Å². The summed E-state index contributed by atoms with van der Waals surface area (Å²) in [5, 5.41) is 50.4.